The summed E-state index contributed by atoms with van der Waals surface area (Å²) in [6.07, 6.45) is 15.8. The molecule has 1 nitrogen and oxygen atoms in total. The Bertz CT molecular complexity index is 168. The van der Waals surface area contributed by atoms with Gasteiger partial charge in [0.1, 0.15) is 0 Å². The molecule has 0 bridgehead atoms. The molecule has 1 saturated carbocycles. The van der Waals surface area contributed by atoms with Crippen LogP contribution in [-0.4, -0.2) is 15.7 Å². The fourth-order valence-corrected chi connectivity index (χ4v) is 3.16. The minimum absolute atomic E-state index is 0.444. The van der Waals surface area contributed by atoms with Gasteiger partial charge in [0.25, 0.3) is 0 Å². The van der Waals surface area contributed by atoms with Crippen molar-refractivity contribution in [2.75, 3.05) is 7.05 Å². The molecule has 1 rings (SSSR count). The van der Waals surface area contributed by atoms with Crippen LogP contribution in [0.3, 0.4) is 0 Å². The first kappa shape index (κ1) is 14.7. The monoisotopic (exact) mass is 337 g/mol. The predicted octanol–water partition coefficient (Wildman–Crippen LogP) is 5.33. The zero-order valence-electron chi connectivity index (χ0n) is 11.1. The highest BCUT2D eigenvalue weighted by Gasteiger charge is 2.26. The number of rotatable bonds is 1. The second kappa shape index (κ2) is 7.91. The molecule has 1 aliphatic rings. The standard InChI is InChI=1S/C14H28IN/c1-14(16(2)15)12-10-8-6-4-3-5-7-9-11-13-14/h3-13H2,1-2H3. The summed E-state index contributed by atoms with van der Waals surface area (Å²) in [7, 11) is 2.24. The summed E-state index contributed by atoms with van der Waals surface area (Å²) in [4.78, 5) is 0. The average molecular weight is 337 g/mol. The van der Waals surface area contributed by atoms with Crippen molar-refractivity contribution >= 4 is 22.9 Å². The van der Waals surface area contributed by atoms with Gasteiger partial charge in [-0.05, 0) is 26.8 Å². The third-order valence-electron chi connectivity index (χ3n) is 4.17. The third-order valence-corrected chi connectivity index (χ3v) is 5.34. The summed E-state index contributed by atoms with van der Waals surface area (Å²) < 4.78 is 2.43. The van der Waals surface area contributed by atoms with E-state index in [1.807, 2.05) is 0 Å². The molecule has 1 aliphatic carbocycles. The van der Waals surface area contributed by atoms with Crippen LogP contribution < -0.4 is 0 Å². The fourth-order valence-electron chi connectivity index (χ4n) is 2.68. The van der Waals surface area contributed by atoms with Gasteiger partial charge in [-0.3, -0.25) is 0 Å². The highest BCUT2D eigenvalue weighted by molar-refractivity contribution is 14.1. The molecule has 0 N–H and O–H groups in total. The van der Waals surface area contributed by atoms with Gasteiger partial charge >= 0.3 is 0 Å². The Morgan fingerprint density at radius 2 is 1.06 bits per heavy atom. The van der Waals surface area contributed by atoms with Crippen LogP contribution in [0.25, 0.3) is 0 Å². The first-order chi connectivity index (χ1) is 7.65. The number of halogens is 1. The SMILES string of the molecule is CN(I)C1(C)CCCCCCCCCCC1. The highest BCUT2D eigenvalue weighted by atomic mass is 127. The quantitative estimate of drug-likeness (QED) is 0.462. The maximum absolute atomic E-state index is 2.48. The Balaban J connectivity index is 2.42. The first-order valence-corrected chi connectivity index (χ1v) is 8.01. The smallest absolute Gasteiger partial charge is 0.0273 e. The molecule has 16 heavy (non-hydrogen) atoms. The molecule has 0 aromatic heterocycles. The molecular weight excluding hydrogens is 309 g/mol. The molecule has 96 valence electrons. The molecule has 0 unspecified atom stereocenters. The van der Waals surface area contributed by atoms with E-state index in [2.05, 4.69) is 39.9 Å². The molecular formula is C14H28IN. The highest BCUT2D eigenvalue weighted by Crippen LogP contribution is 2.31. The average Bonchev–Trinajstić information content (AvgIpc) is 2.23. The number of hydrogen-bond donors (Lipinski definition) is 0. The first-order valence-electron chi connectivity index (χ1n) is 7.05. The van der Waals surface area contributed by atoms with E-state index in [4.69, 9.17) is 0 Å². The Kier molecular flexibility index (Phi) is 7.29. The third kappa shape index (κ3) is 5.35. The minimum Gasteiger partial charge on any atom is -0.245 e. The van der Waals surface area contributed by atoms with Crippen LogP contribution in [0.5, 0.6) is 0 Å². The maximum atomic E-state index is 2.48. The van der Waals surface area contributed by atoms with Gasteiger partial charge in [0.05, 0.1) is 0 Å². The second-order valence-corrected chi connectivity index (χ2v) is 7.10. The molecule has 0 amide bonds. The largest absolute Gasteiger partial charge is 0.245 e. The molecule has 0 aromatic rings. The van der Waals surface area contributed by atoms with Gasteiger partial charge in [-0.1, -0.05) is 57.8 Å². The molecule has 0 radical (unpaired) electrons. The van der Waals surface area contributed by atoms with E-state index in [9.17, 15) is 0 Å². The van der Waals surface area contributed by atoms with Crippen molar-refractivity contribution in [2.45, 2.75) is 83.1 Å². The molecule has 0 atom stereocenters. The van der Waals surface area contributed by atoms with Crippen LogP contribution in [0.2, 0.25) is 0 Å². The van der Waals surface area contributed by atoms with E-state index in [-0.39, 0.29) is 0 Å². The zero-order chi connectivity index (χ0) is 11.9. The normalized spacial score (nSPS) is 24.8. The van der Waals surface area contributed by atoms with Crippen molar-refractivity contribution in [3.63, 3.8) is 0 Å². The zero-order valence-corrected chi connectivity index (χ0v) is 13.3. The van der Waals surface area contributed by atoms with Gasteiger partial charge in [0.2, 0.25) is 0 Å². The van der Waals surface area contributed by atoms with E-state index in [1.165, 1.54) is 70.6 Å². The Morgan fingerprint density at radius 1 is 0.750 bits per heavy atom. The summed E-state index contributed by atoms with van der Waals surface area (Å²) in [6.45, 7) is 2.45. The summed E-state index contributed by atoms with van der Waals surface area (Å²) >= 11 is 2.48. The van der Waals surface area contributed by atoms with Gasteiger partial charge in [0, 0.05) is 28.4 Å². The van der Waals surface area contributed by atoms with Gasteiger partial charge in [0.15, 0.2) is 0 Å². The van der Waals surface area contributed by atoms with Crippen LogP contribution in [0.4, 0.5) is 0 Å². The maximum Gasteiger partial charge on any atom is 0.0273 e. The van der Waals surface area contributed by atoms with Gasteiger partial charge in [-0.15, -0.1) is 0 Å². The molecule has 0 saturated heterocycles. The lowest BCUT2D eigenvalue weighted by Gasteiger charge is -2.35. The van der Waals surface area contributed by atoms with E-state index >= 15 is 0 Å². The molecule has 0 heterocycles. The molecule has 2 heteroatoms. The molecule has 0 spiro atoms. The summed E-state index contributed by atoms with van der Waals surface area (Å²) in [5.74, 6) is 0. The van der Waals surface area contributed by atoms with Crippen LogP contribution in [-0.2, 0) is 0 Å². The minimum atomic E-state index is 0.444. The molecule has 1 fully saturated rings. The van der Waals surface area contributed by atoms with Crippen molar-refractivity contribution in [3.05, 3.63) is 0 Å². The van der Waals surface area contributed by atoms with E-state index < -0.39 is 0 Å². The van der Waals surface area contributed by atoms with Crippen molar-refractivity contribution in [2.24, 2.45) is 0 Å². The molecule has 0 aromatic carbocycles. The van der Waals surface area contributed by atoms with Crippen molar-refractivity contribution in [3.8, 4) is 0 Å². The summed E-state index contributed by atoms with van der Waals surface area (Å²) in [5, 5.41) is 0. The van der Waals surface area contributed by atoms with E-state index in [1.54, 1.807) is 0 Å². The Labute approximate surface area is 116 Å². The lowest BCUT2D eigenvalue weighted by Crippen LogP contribution is -2.37. The molecule has 0 aliphatic heterocycles. The Hall–Kier alpha value is 0.690. The summed E-state index contributed by atoms with van der Waals surface area (Å²) in [6, 6.07) is 0. The van der Waals surface area contributed by atoms with Crippen LogP contribution in [0.15, 0.2) is 0 Å². The van der Waals surface area contributed by atoms with E-state index in [0.29, 0.717) is 5.54 Å². The van der Waals surface area contributed by atoms with Gasteiger partial charge in [-0.25, -0.2) is 3.11 Å². The van der Waals surface area contributed by atoms with Crippen LogP contribution in [0, 0.1) is 0 Å². The topological polar surface area (TPSA) is 3.24 Å². The van der Waals surface area contributed by atoms with Crippen molar-refractivity contribution in [1.29, 1.82) is 0 Å². The van der Waals surface area contributed by atoms with E-state index in [0.717, 1.165) is 0 Å². The van der Waals surface area contributed by atoms with Crippen molar-refractivity contribution < 1.29 is 0 Å². The number of nitrogens with zero attached hydrogens (tertiary/aromatic N) is 1. The van der Waals surface area contributed by atoms with Crippen LogP contribution >= 0.6 is 22.9 Å². The summed E-state index contributed by atoms with van der Waals surface area (Å²) in [5.41, 5.74) is 0.444. The lowest BCUT2D eigenvalue weighted by atomic mass is 9.87. The predicted molar refractivity (Wildman–Crippen MR) is 81.0 cm³/mol. The second-order valence-electron chi connectivity index (χ2n) is 5.66. The fraction of sp³-hybridized carbons (Fsp3) is 1.00. The van der Waals surface area contributed by atoms with Crippen LogP contribution in [0.1, 0.15) is 77.6 Å². The Morgan fingerprint density at radius 3 is 1.38 bits per heavy atom. The van der Waals surface area contributed by atoms with Gasteiger partial charge in [-0.2, -0.15) is 0 Å². The number of hydrogen-bond acceptors (Lipinski definition) is 1. The lowest BCUT2D eigenvalue weighted by molar-refractivity contribution is 0.227. The van der Waals surface area contributed by atoms with Gasteiger partial charge < -0.3 is 0 Å². The van der Waals surface area contributed by atoms with Crippen molar-refractivity contribution in [1.82, 2.24) is 3.11 Å².